The van der Waals surface area contributed by atoms with Gasteiger partial charge in [0.15, 0.2) is 0 Å². The van der Waals surface area contributed by atoms with E-state index in [-0.39, 0.29) is 5.92 Å². The average molecular weight is 377 g/mol. The van der Waals surface area contributed by atoms with E-state index < -0.39 is 7.75 Å². The van der Waals surface area contributed by atoms with E-state index in [0.29, 0.717) is 26.4 Å². The molecule has 0 spiro atoms. The van der Waals surface area contributed by atoms with Crippen molar-refractivity contribution in [1.29, 1.82) is 0 Å². The van der Waals surface area contributed by atoms with Crippen molar-refractivity contribution >= 4 is 7.75 Å². The molecule has 0 aliphatic rings. The molecule has 0 fully saturated rings. The Kier molecular flexibility index (Phi) is 8.33. The van der Waals surface area contributed by atoms with E-state index in [2.05, 4.69) is 12.0 Å². The predicted octanol–water partition coefficient (Wildman–Crippen LogP) is 5.14. The topological polar surface area (TPSA) is 56.8 Å². The molecule has 2 rings (SSSR count). The average Bonchev–Trinajstić information content (AvgIpc) is 2.66. The number of benzene rings is 2. The van der Waals surface area contributed by atoms with Gasteiger partial charge in [0, 0.05) is 6.54 Å². The first-order valence-electron chi connectivity index (χ1n) is 8.97. The SMILES string of the molecule is CCOP(=O)(NCC(C)c1ccc(OCc2ccccc2)cc1)OCC. The molecule has 0 amide bonds. The zero-order chi connectivity index (χ0) is 18.8. The van der Waals surface area contributed by atoms with Crippen LogP contribution in [-0.4, -0.2) is 19.8 Å². The van der Waals surface area contributed by atoms with Crippen molar-refractivity contribution in [3.63, 3.8) is 0 Å². The van der Waals surface area contributed by atoms with Crippen LogP contribution in [0.15, 0.2) is 54.6 Å². The molecular weight excluding hydrogens is 349 g/mol. The van der Waals surface area contributed by atoms with E-state index in [1.165, 1.54) is 0 Å². The Balaban J connectivity index is 1.87. The zero-order valence-electron chi connectivity index (χ0n) is 15.7. The lowest BCUT2D eigenvalue weighted by atomic mass is 10.0. The lowest BCUT2D eigenvalue weighted by Crippen LogP contribution is -2.20. The van der Waals surface area contributed by atoms with E-state index in [1.54, 1.807) is 13.8 Å². The number of nitrogens with one attached hydrogen (secondary N) is 1. The summed E-state index contributed by atoms with van der Waals surface area (Å²) in [6.45, 7) is 7.38. The first-order valence-corrected chi connectivity index (χ1v) is 10.5. The van der Waals surface area contributed by atoms with E-state index in [0.717, 1.165) is 16.9 Å². The van der Waals surface area contributed by atoms with Gasteiger partial charge in [-0.05, 0) is 43.0 Å². The zero-order valence-corrected chi connectivity index (χ0v) is 16.6. The van der Waals surface area contributed by atoms with Crippen molar-refractivity contribution in [2.45, 2.75) is 33.3 Å². The molecule has 0 saturated carbocycles. The molecular formula is C20H28NO4P. The van der Waals surface area contributed by atoms with Gasteiger partial charge in [-0.1, -0.05) is 49.4 Å². The minimum atomic E-state index is -3.22. The van der Waals surface area contributed by atoms with Crippen LogP contribution in [0.4, 0.5) is 0 Å². The van der Waals surface area contributed by atoms with Gasteiger partial charge in [0.2, 0.25) is 0 Å². The summed E-state index contributed by atoms with van der Waals surface area (Å²) < 4.78 is 28.8. The minimum absolute atomic E-state index is 0.160. The summed E-state index contributed by atoms with van der Waals surface area (Å²) in [4.78, 5) is 0. The van der Waals surface area contributed by atoms with Crippen LogP contribution in [0.1, 0.15) is 37.8 Å². The van der Waals surface area contributed by atoms with Crippen LogP contribution in [0.5, 0.6) is 5.75 Å². The van der Waals surface area contributed by atoms with Crippen LogP contribution >= 0.6 is 7.75 Å². The quantitative estimate of drug-likeness (QED) is 0.550. The van der Waals surface area contributed by atoms with Crippen molar-refractivity contribution in [3.05, 3.63) is 65.7 Å². The first-order chi connectivity index (χ1) is 12.6. The molecule has 0 aromatic heterocycles. The normalized spacial score (nSPS) is 12.7. The van der Waals surface area contributed by atoms with E-state index in [4.69, 9.17) is 13.8 Å². The summed E-state index contributed by atoms with van der Waals surface area (Å²) in [5.74, 6) is 0.986. The fourth-order valence-electron chi connectivity index (χ4n) is 2.47. The van der Waals surface area contributed by atoms with Crippen molar-refractivity contribution in [2.75, 3.05) is 19.8 Å². The van der Waals surface area contributed by atoms with Crippen LogP contribution < -0.4 is 9.82 Å². The second-order valence-corrected chi connectivity index (χ2v) is 7.77. The molecule has 1 atom stereocenters. The van der Waals surface area contributed by atoms with Gasteiger partial charge in [-0.2, -0.15) is 0 Å². The first kappa shape index (κ1) is 20.7. The summed E-state index contributed by atoms with van der Waals surface area (Å²) >= 11 is 0. The van der Waals surface area contributed by atoms with Gasteiger partial charge in [0.05, 0.1) is 13.2 Å². The van der Waals surface area contributed by atoms with Crippen molar-refractivity contribution in [2.24, 2.45) is 0 Å². The largest absolute Gasteiger partial charge is 0.489 e. The molecule has 1 unspecified atom stereocenters. The standard InChI is InChI=1S/C20H28NO4P/c1-4-24-26(22,25-5-2)21-15-17(3)19-11-13-20(14-12-19)23-16-18-9-7-6-8-10-18/h6-14,17H,4-5,15-16H2,1-3H3,(H,21,22). The molecule has 26 heavy (non-hydrogen) atoms. The monoisotopic (exact) mass is 377 g/mol. The summed E-state index contributed by atoms with van der Waals surface area (Å²) in [6.07, 6.45) is 0. The Morgan fingerprint density at radius 3 is 2.15 bits per heavy atom. The van der Waals surface area contributed by atoms with E-state index >= 15 is 0 Å². The number of hydrogen-bond donors (Lipinski definition) is 1. The van der Waals surface area contributed by atoms with Crippen molar-refractivity contribution < 1.29 is 18.3 Å². The summed E-state index contributed by atoms with van der Waals surface area (Å²) in [6, 6.07) is 18.0. The fourth-order valence-corrected chi connectivity index (χ4v) is 3.90. The second kappa shape index (κ2) is 10.5. The highest BCUT2D eigenvalue weighted by molar-refractivity contribution is 7.51. The highest BCUT2D eigenvalue weighted by Crippen LogP contribution is 2.43. The maximum absolute atomic E-state index is 12.4. The highest BCUT2D eigenvalue weighted by atomic mass is 31.2. The molecule has 0 heterocycles. The molecule has 6 heteroatoms. The summed E-state index contributed by atoms with van der Waals surface area (Å²) in [7, 11) is -3.22. The van der Waals surface area contributed by atoms with E-state index in [1.807, 2.05) is 54.6 Å². The molecule has 2 aromatic carbocycles. The molecule has 142 valence electrons. The minimum Gasteiger partial charge on any atom is -0.489 e. The Hall–Kier alpha value is -1.65. The maximum atomic E-state index is 12.4. The smallest absolute Gasteiger partial charge is 0.405 e. The van der Waals surface area contributed by atoms with E-state index in [9.17, 15) is 4.57 Å². The number of ether oxygens (including phenoxy) is 1. The van der Waals surface area contributed by atoms with Crippen LogP contribution in [0.3, 0.4) is 0 Å². The van der Waals surface area contributed by atoms with Gasteiger partial charge in [-0.15, -0.1) is 0 Å². The van der Waals surface area contributed by atoms with Crippen LogP contribution in [0, 0.1) is 0 Å². The summed E-state index contributed by atoms with van der Waals surface area (Å²) in [5, 5.41) is 2.94. The number of rotatable bonds is 11. The Morgan fingerprint density at radius 1 is 0.962 bits per heavy atom. The molecule has 0 saturated heterocycles. The molecule has 1 N–H and O–H groups in total. The molecule has 5 nitrogen and oxygen atoms in total. The van der Waals surface area contributed by atoms with Gasteiger partial charge in [-0.3, -0.25) is 9.05 Å². The lowest BCUT2D eigenvalue weighted by molar-refractivity contribution is 0.210. The van der Waals surface area contributed by atoms with Gasteiger partial charge >= 0.3 is 7.75 Å². The lowest BCUT2D eigenvalue weighted by Gasteiger charge is -2.20. The molecule has 2 aromatic rings. The number of hydrogen-bond acceptors (Lipinski definition) is 4. The molecule has 0 bridgehead atoms. The molecule has 0 radical (unpaired) electrons. The highest BCUT2D eigenvalue weighted by Gasteiger charge is 2.23. The third kappa shape index (κ3) is 6.58. The Bertz CT molecular complexity index is 681. The van der Waals surface area contributed by atoms with Gasteiger partial charge in [0.1, 0.15) is 12.4 Å². The Labute approximate surface area is 156 Å². The van der Waals surface area contributed by atoms with Crippen molar-refractivity contribution in [1.82, 2.24) is 5.09 Å². The summed E-state index contributed by atoms with van der Waals surface area (Å²) in [5.41, 5.74) is 2.26. The van der Waals surface area contributed by atoms with Gasteiger partial charge < -0.3 is 4.74 Å². The van der Waals surface area contributed by atoms with Crippen LogP contribution in [-0.2, 0) is 20.2 Å². The fraction of sp³-hybridized carbons (Fsp3) is 0.400. The Morgan fingerprint density at radius 2 is 1.58 bits per heavy atom. The second-order valence-electron chi connectivity index (χ2n) is 5.94. The van der Waals surface area contributed by atoms with Crippen LogP contribution in [0.2, 0.25) is 0 Å². The van der Waals surface area contributed by atoms with Gasteiger partial charge in [0.25, 0.3) is 0 Å². The predicted molar refractivity (Wildman–Crippen MR) is 104 cm³/mol. The molecule has 0 aliphatic carbocycles. The maximum Gasteiger partial charge on any atom is 0.405 e. The van der Waals surface area contributed by atoms with Crippen LogP contribution in [0.25, 0.3) is 0 Å². The van der Waals surface area contributed by atoms with Crippen molar-refractivity contribution in [3.8, 4) is 5.75 Å². The van der Waals surface area contributed by atoms with Gasteiger partial charge in [-0.25, -0.2) is 9.65 Å². The molecule has 0 aliphatic heterocycles. The third-order valence-electron chi connectivity index (χ3n) is 3.89. The third-order valence-corrected chi connectivity index (χ3v) is 5.65.